The summed E-state index contributed by atoms with van der Waals surface area (Å²) in [7, 11) is 1.83. The average molecular weight is 218 g/mol. The highest BCUT2D eigenvalue weighted by Crippen LogP contribution is 2.15. The van der Waals surface area contributed by atoms with Crippen LogP contribution in [0, 0.1) is 26.2 Å². The summed E-state index contributed by atoms with van der Waals surface area (Å²) in [5.41, 5.74) is 2.02. The molecule has 0 aliphatic carbocycles. The molecule has 1 amide bonds. The Hall–Kier alpha value is -2.02. The van der Waals surface area contributed by atoms with E-state index < -0.39 is 11.7 Å². The number of aromatic nitrogens is 1. The SMILES string of the molecule is C#CCNC(=O)C(=O)c1c(C)cn(C)c1C. The van der Waals surface area contributed by atoms with Crippen molar-refractivity contribution in [2.45, 2.75) is 13.8 Å². The fourth-order valence-corrected chi connectivity index (χ4v) is 1.58. The van der Waals surface area contributed by atoms with E-state index in [-0.39, 0.29) is 6.54 Å². The van der Waals surface area contributed by atoms with Gasteiger partial charge in [0.15, 0.2) is 0 Å². The van der Waals surface area contributed by atoms with Crippen molar-refractivity contribution >= 4 is 11.7 Å². The van der Waals surface area contributed by atoms with Gasteiger partial charge in [0.25, 0.3) is 11.7 Å². The Morgan fingerprint density at radius 1 is 1.50 bits per heavy atom. The molecule has 0 aromatic carbocycles. The van der Waals surface area contributed by atoms with Gasteiger partial charge in [-0.1, -0.05) is 5.92 Å². The lowest BCUT2D eigenvalue weighted by atomic mass is 10.1. The molecule has 4 heteroatoms. The summed E-state index contributed by atoms with van der Waals surface area (Å²) in [5, 5.41) is 2.36. The van der Waals surface area contributed by atoms with Gasteiger partial charge in [-0.3, -0.25) is 9.59 Å². The molecule has 0 radical (unpaired) electrons. The summed E-state index contributed by atoms with van der Waals surface area (Å²) in [4.78, 5) is 23.3. The number of aryl methyl sites for hydroxylation is 2. The van der Waals surface area contributed by atoms with E-state index in [1.54, 1.807) is 13.8 Å². The van der Waals surface area contributed by atoms with E-state index in [1.807, 2.05) is 17.8 Å². The summed E-state index contributed by atoms with van der Waals surface area (Å²) >= 11 is 0. The first-order valence-corrected chi connectivity index (χ1v) is 4.87. The molecule has 0 unspecified atom stereocenters. The van der Waals surface area contributed by atoms with E-state index in [0.29, 0.717) is 5.56 Å². The first-order chi connectivity index (χ1) is 7.49. The van der Waals surface area contributed by atoms with E-state index in [9.17, 15) is 9.59 Å². The Labute approximate surface area is 94.6 Å². The third kappa shape index (κ3) is 2.14. The minimum atomic E-state index is -0.657. The second-order valence-corrected chi connectivity index (χ2v) is 3.60. The minimum absolute atomic E-state index is 0.0650. The van der Waals surface area contributed by atoms with Gasteiger partial charge in [-0.15, -0.1) is 6.42 Å². The molecule has 1 rings (SSSR count). The van der Waals surface area contributed by atoms with Gasteiger partial charge in [0.2, 0.25) is 0 Å². The average Bonchev–Trinajstić information content (AvgIpc) is 2.49. The van der Waals surface area contributed by atoms with Crippen molar-refractivity contribution in [3.63, 3.8) is 0 Å². The summed E-state index contributed by atoms with van der Waals surface area (Å²) in [6.07, 6.45) is 6.82. The number of ketones is 1. The molecule has 16 heavy (non-hydrogen) atoms. The number of nitrogens with zero attached hydrogens (tertiary/aromatic N) is 1. The molecular weight excluding hydrogens is 204 g/mol. The van der Waals surface area contributed by atoms with Crippen molar-refractivity contribution in [2.75, 3.05) is 6.54 Å². The Balaban J connectivity index is 2.97. The third-order valence-corrected chi connectivity index (χ3v) is 2.46. The molecule has 84 valence electrons. The maximum atomic E-state index is 11.8. The summed E-state index contributed by atoms with van der Waals surface area (Å²) in [6.45, 7) is 3.67. The van der Waals surface area contributed by atoms with Crippen LogP contribution >= 0.6 is 0 Å². The summed E-state index contributed by atoms with van der Waals surface area (Å²) in [5.74, 6) is 1.06. The van der Waals surface area contributed by atoms with Gasteiger partial charge in [-0.05, 0) is 19.4 Å². The second kappa shape index (κ2) is 4.67. The number of Topliss-reactive ketones (excluding diaryl/α,β-unsaturated/α-hetero) is 1. The molecule has 0 aliphatic heterocycles. The quantitative estimate of drug-likeness (QED) is 0.458. The number of hydrogen-bond acceptors (Lipinski definition) is 2. The number of carbonyl (C=O) groups excluding carboxylic acids is 2. The van der Waals surface area contributed by atoms with Crippen molar-refractivity contribution in [3.8, 4) is 12.3 Å². The van der Waals surface area contributed by atoms with Crippen molar-refractivity contribution in [1.82, 2.24) is 9.88 Å². The zero-order valence-corrected chi connectivity index (χ0v) is 9.63. The fraction of sp³-hybridized carbons (Fsp3) is 0.333. The third-order valence-electron chi connectivity index (χ3n) is 2.46. The molecule has 0 bridgehead atoms. The van der Waals surface area contributed by atoms with Crippen LogP contribution in [0.4, 0.5) is 0 Å². The molecule has 4 nitrogen and oxygen atoms in total. The van der Waals surface area contributed by atoms with E-state index in [1.165, 1.54) is 0 Å². The second-order valence-electron chi connectivity index (χ2n) is 3.60. The lowest BCUT2D eigenvalue weighted by Crippen LogP contribution is -2.31. The van der Waals surface area contributed by atoms with Crippen molar-refractivity contribution in [2.24, 2.45) is 7.05 Å². The van der Waals surface area contributed by atoms with Gasteiger partial charge in [0.05, 0.1) is 12.1 Å². The van der Waals surface area contributed by atoms with E-state index in [0.717, 1.165) is 11.3 Å². The van der Waals surface area contributed by atoms with Crippen LogP contribution in [0.5, 0.6) is 0 Å². The van der Waals surface area contributed by atoms with Crippen LogP contribution in [0.15, 0.2) is 6.20 Å². The summed E-state index contributed by atoms with van der Waals surface area (Å²) in [6, 6.07) is 0. The maximum Gasteiger partial charge on any atom is 0.293 e. The Morgan fingerprint density at radius 3 is 2.56 bits per heavy atom. The first-order valence-electron chi connectivity index (χ1n) is 4.87. The zero-order chi connectivity index (χ0) is 12.3. The topological polar surface area (TPSA) is 51.1 Å². The Morgan fingerprint density at radius 2 is 2.12 bits per heavy atom. The molecule has 1 aromatic rings. The molecule has 0 spiro atoms. The molecule has 0 saturated carbocycles. The van der Waals surface area contributed by atoms with Gasteiger partial charge in [0, 0.05) is 18.9 Å². The van der Waals surface area contributed by atoms with Crippen LogP contribution in [-0.4, -0.2) is 22.8 Å². The standard InChI is InChI=1S/C12H14N2O2/c1-5-6-13-12(16)11(15)10-8(2)7-14(4)9(10)3/h1,7H,6H2,2-4H3,(H,13,16). The highest BCUT2D eigenvalue weighted by atomic mass is 16.2. The van der Waals surface area contributed by atoms with Gasteiger partial charge in [-0.2, -0.15) is 0 Å². The van der Waals surface area contributed by atoms with Crippen molar-refractivity contribution < 1.29 is 9.59 Å². The molecule has 0 aliphatic rings. The number of hydrogen-bond donors (Lipinski definition) is 1. The van der Waals surface area contributed by atoms with Gasteiger partial charge in [0.1, 0.15) is 0 Å². The predicted octanol–water partition coefficient (Wildman–Crippen LogP) is 0.574. The van der Waals surface area contributed by atoms with Crippen LogP contribution in [0.3, 0.4) is 0 Å². The van der Waals surface area contributed by atoms with Crippen LogP contribution < -0.4 is 5.32 Å². The van der Waals surface area contributed by atoms with Gasteiger partial charge < -0.3 is 9.88 Å². The molecule has 1 aromatic heterocycles. The lowest BCUT2D eigenvalue weighted by Gasteiger charge is -2.02. The van der Waals surface area contributed by atoms with Crippen molar-refractivity contribution in [3.05, 3.63) is 23.0 Å². The molecule has 1 N–H and O–H groups in total. The minimum Gasteiger partial charge on any atom is -0.354 e. The molecular formula is C12H14N2O2. The van der Waals surface area contributed by atoms with E-state index in [4.69, 9.17) is 6.42 Å². The monoisotopic (exact) mass is 218 g/mol. The van der Waals surface area contributed by atoms with Gasteiger partial charge >= 0.3 is 0 Å². The first kappa shape index (κ1) is 12.1. The predicted molar refractivity (Wildman–Crippen MR) is 61.1 cm³/mol. The fourth-order valence-electron chi connectivity index (χ4n) is 1.58. The molecule has 0 saturated heterocycles. The highest BCUT2D eigenvalue weighted by Gasteiger charge is 2.21. The van der Waals surface area contributed by atoms with Crippen molar-refractivity contribution in [1.29, 1.82) is 0 Å². The summed E-state index contributed by atoms with van der Waals surface area (Å²) < 4.78 is 1.82. The Kier molecular flexibility index (Phi) is 3.51. The van der Waals surface area contributed by atoms with Gasteiger partial charge in [-0.25, -0.2) is 0 Å². The lowest BCUT2D eigenvalue weighted by molar-refractivity contribution is -0.116. The Bertz CT molecular complexity index is 478. The number of rotatable bonds is 3. The number of amides is 1. The number of nitrogens with one attached hydrogen (secondary N) is 1. The maximum absolute atomic E-state index is 11.8. The smallest absolute Gasteiger partial charge is 0.293 e. The molecule has 1 heterocycles. The number of terminal acetylenes is 1. The zero-order valence-electron chi connectivity index (χ0n) is 9.63. The van der Waals surface area contributed by atoms with Crippen LogP contribution in [0.2, 0.25) is 0 Å². The van der Waals surface area contributed by atoms with Crippen LogP contribution in [-0.2, 0) is 11.8 Å². The normalized spacial score (nSPS) is 9.62. The molecule has 0 atom stereocenters. The van der Waals surface area contributed by atoms with E-state index in [2.05, 4.69) is 11.2 Å². The number of carbonyl (C=O) groups is 2. The van der Waals surface area contributed by atoms with Crippen LogP contribution in [0.1, 0.15) is 21.6 Å². The van der Waals surface area contributed by atoms with Crippen LogP contribution in [0.25, 0.3) is 0 Å². The highest BCUT2D eigenvalue weighted by molar-refractivity contribution is 6.43. The molecule has 0 fully saturated rings. The van der Waals surface area contributed by atoms with E-state index >= 15 is 0 Å². The largest absolute Gasteiger partial charge is 0.354 e.